The van der Waals surface area contributed by atoms with Crippen molar-refractivity contribution in [1.82, 2.24) is 0 Å². The topological polar surface area (TPSA) is 49.7 Å². The molecule has 0 aromatic rings. The lowest BCUT2D eigenvalue weighted by Crippen LogP contribution is -2.50. The molecule has 1 saturated carbocycles. The zero-order valence-corrected chi connectivity index (χ0v) is 12.1. The molecule has 0 saturated heterocycles. The minimum absolute atomic E-state index is 0.774. The van der Waals surface area contributed by atoms with Crippen molar-refractivity contribution < 1.29 is 14.8 Å². The lowest BCUT2D eigenvalue weighted by Gasteiger charge is -2.38. The second-order valence-electron chi connectivity index (χ2n) is 6.39. The molecule has 0 bridgehead atoms. The maximum Gasteiger partial charge on any atom is 0.483 e. The van der Waals surface area contributed by atoms with E-state index in [0.717, 1.165) is 12.3 Å². The molecule has 0 heterocycles. The Labute approximate surface area is 111 Å². The first-order chi connectivity index (χ1) is 8.22. The van der Waals surface area contributed by atoms with Crippen molar-refractivity contribution in [3.05, 3.63) is 12.1 Å². The standard InChI is InChI=1S/C14H27BO3/c1-13(2,16)14(3,4)18-15(17)11-7-10-12-8-5-6-9-12/h7,11-12,16-17H,5-6,8-10H2,1-4H3/b11-7+. The summed E-state index contributed by atoms with van der Waals surface area (Å²) in [5, 5.41) is 19.7. The first-order valence-electron chi connectivity index (χ1n) is 6.97. The molecule has 0 amide bonds. The quantitative estimate of drug-likeness (QED) is 0.716. The summed E-state index contributed by atoms with van der Waals surface area (Å²) in [6.45, 7) is 6.92. The van der Waals surface area contributed by atoms with Crippen molar-refractivity contribution in [2.75, 3.05) is 0 Å². The van der Waals surface area contributed by atoms with Gasteiger partial charge >= 0.3 is 7.12 Å². The molecular formula is C14H27BO3. The summed E-state index contributed by atoms with van der Waals surface area (Å²) < 4.78 is 5.49. The van der Waals surface area contributed by atoms with Gasteiger partial charge in [-0.1, -0.05) is 37.7 Å². The van der Waals surface area contributed by atoms with Crippen molar-refractivity contribution >= 4 is 7.12 Å². The van der Waals surface area contributed by atoms with Crippen molar-refractivity contribution in [3.63, 3.8) is 0 Å². The summed E-state index contributed by atoms with van der Waals surface area (Å²) >= 11 is 0. The van der Waals surface area contributed by atoms with E-state index in [1.54, 1.807) is 33.7 Å². The second kappa shape index (κ2) is 6.22. The van der Waals surface area contributed by atoms with E-state index in [1.807, 2.05) is 6.08 Å². The summed E-state index contributed by atoms with van der Waals surface area (Å²) in [5.41, 5.74) is -1.78. The molecule has 0 unspecified atom stereocenters. The van der Waals surface area contributed by atoms with E-state index in [1.165, 1.54) is 25.7 Å². The summed E-state index contributed by atoms with van der Waals surface area (Å²) in [6, 6.07) is 0. The lowest BCUT2D eigenvalue weighted by atomic mass is 9.82. The first-order valence-corrected chi connectivity index (χ1v) is 6.97. The Morgan fingerprint density at radius 3 is 2.28 bits per heavy atom. The molecule has 1 fully saturated rings. The van der Waals surface area contributed by atoms with E-state index < -0.39 is 18.3 Å². The fourth-order valence-electron chi connectivity index (χ4n) is 2.12. The summed E-state index contributed by atoms with van der Waals surface area (Å²) in [4.78, 5) is 0. The van der Waals surface area contributed by atoms with Crippen LogP contribution in [0.4, 0.5) is 0 Å². The Morgan fingerprint density at radius 1 is 1.22 bits per heavy atom. The number of aliphatic hydroxyl groups is 1. The number of allylic oxidation sites excluding steroid dienone is 1. The summed E-state index contributed by atoms with van der Waals surface area (Å²) in [6.07, 6.45) is 8.30. The average molecular weight is 254 g/mol. The van der Waals surface area contributed by atoms with E-state index in [-0.39, 0.29) is 0 Å². The number of hydrogen-bond donors (Lipinski definition) is 2. The third-order valence-electron chi connectivity index (χ3n) is 4.13. The van der Waals surface area contributed by atoms with Crippen LogP contribution in [0.15, 0.2) is 12.1 Å². The maximum absolute atomic E-state index is 9.93. The van der Waals surface area contributed by atoms with Crippen LogP contribution in [0.5, 0.6) is 0 Å². The van der Waals surface area contributed by atoms with Crippen LogP contribution in [-0.2, 0) is 4.65 Å². The molecule has 0 aliphatic heterocycles. The van der Waals surface area contributed by atoms with Gasteiger partial charge in [-0.15, -0.1) is 0 Å². The van der Waals surface area contributed by atoms with E-state index >= 15 is 0 Å². The smallest absolute Gasteiger partial charge is 0.423 e. The van der Waals surface area contributed by atoms with Gasteiger partial charge in [-0.3, -0.25) is 0 Å². The molecule has 0 atom stereocenters. The second-order valence-corrected chi connectivity index (χ2v) is 6.39. The van der Waals surface area contributed by atoms with E-state index in [4.69, 9.17) is 4.65 Å². The molecule has 18 heavy (non-hydrogen) atoms. The Bertz CT molecular complexity index is 275. The highest BCUT2D eigenvalue weighted by Gasteiger charge is 2.38. The minimum Gasteiger partial charge on any atom is -0.423 e. The summed E-state index contributed by atoms with van der Waals surface area (Å²) in [7, 11) is -0.951. The SMILES string of the molecule is CC(C)(O)C(C)(C)OB(O)/C=C/CC1CCCC1. The fourth-order valence-corrected chi connectivity index (χ4v) is 2.12. The third-order valence-corrected chi connectivity index (χ3v) is 4.13. The van der Waals surface area contributed by atoms with Gasteiger partial charge in [0, 0.05) is 0 Å². The highest BCUT2D eigenvalue weighted by molar-refractivity contribution is 6.49. The molecule has 0 radical (unpaired) electrons. The van der Waals surface area contributed by atoms with Crippen LogP contribution >= 0.6 is 0 Å². The lowest BCUT2D eigenvalue weighted by molar-refractivity contribution is -0.0984. The van der Waals surface area contributed by atoms with E-state index in [0.29, 0.717) is 0 Å². The van der Waals surface area contributed by atoms with Crippen LogP contribution in [0.2, 0.25) is 0 Å². The molecule has 104 valence electrons. The number of hydrogen-bond acceptors (Lipinski definition) is 3. The highest BCUT2D eigenvalue weighted by atomic mass is 16.5. The van der Waals surface area contributed by atoms with E-state index in [2.05, 4.69) is 0 Å². The molecule has 0 aromatic carbocycles. The molecule has 1 rings (SSSR count). The van der Waals surface area contributed by atoms with Crippen LogP contribution in [0.3, 0.4) is 0 Å². The van der Waals surface area contributed by atoms with Crippen molar-refractivity contribution in [2.45, 2.75) is 71.0 Å². The zero-order chi connectivity index (χ0) is 13.8. The normalized spacial score (nSPS) is 18.8. The van der Waals surface area contributed by atoms with Gasteiger partial charge in [0.2, 0.25) is 0 Å². The van der Waals surface area contributed by atoms with Gasteiger partial charge in [0.25, 0.3) is 0 Å². The Kier molecular flexibility index (Phi) is 5.44. The van der Waals surface area contributed by atoms with Crippen LogP contribution in [0, 0.1) is 5.92 Å². The molecule has 2 N–H and O–H groups in total. The summed E-state index contributed by atoms with van der Waals surface area (Å²) in [5.74, 6) is 2.46. The molecule has 4 heteroatoms. The minimum atomic E-state index is -0.993. The Balaban J connectivity index is 2.36. The molecule has 1 aliphatic rings. The van der Waals surface area contributed by atoms with Crippen molar-refractivity contribution in [2.24, 2.45) is 5.92 Å². The molecule has 3 nitrogen and oxygen atoms in total. The maximum atomic E-state index is 9.93. The van der Waals surface area contributed by atoms with Gasteiger partial charge in [0.05, 0.1) is 11.2 Å². The fraction of sp³-hybridized carbons (Fsp3) is 0.857. The van der Waals surface area contributed by atoms with Gasteiger partial charge in [0.1, 0.15) is 0 Å². The molecular weight excluding hydrogens is 227 g/mol. The van der Waals surface area contributed by atoms with Gasteiger partial charge in [-0.25, -0.2) is 0 Å². The Hall–Kier alpha value is -0.315. The van der Waals surface area contributed by atoms with Gasteiger partial charge < -0.3 is 14.8 Å². The van der Waals surface area contributed by atoms with Crippen LogP contribution < -0.4 is 0 Å². The highest BCUT2D eigenvalue weighted by Crippen LogP contribution is 2.28. The third kappa shape index (κ3) is 4.75. The van der Waals surface area contributed by atoms with Gasteiger partial charge in [-0.2, -0.15) is 0 Å². The monoisotopic (exact) mass is 254 g/mol. The molecule has 0 aromatic heterocycles. The Morgan fingerprint density at radius 2 is 1.78 bits per heavy atom. The van der Waals surface area contributed by atoms with Crippen LogP contribution in [0.25, 0.3) is 0 Å². The predicted octanol–water partition coefficient (Wildman–Crippen LogP) is 2.71. The van der Waals surface area contributed by atoms with Crippen LogP contribution in [-0.4, -0.2) is 28.5 Å². The van der Waals surface area contributed by atoms with E-state index in [9.17, 15) is 10.1 Å². The zero-order valence-electron chi connectivity index (χ0n) is 12.1. The average Bonchev–Trinajstić information content (AvgIpc) is 2.67. The predicted molar refractivity (Wildman–Crippen MR) is 75.1 cm³/mol. The van der Waals surface area contributed by atoms with Gasteiger partial charge in [-0.05, 0) is 40.0 Å². The molecule has 0 spiro atoms. The van der Waals surface area contributed by atoms with Crippen LogP contribution in [0.1, 0.15) is 59.8 Å². The largest absolute Gasteiger partial charge is 0.483 e. The van der Waals surface area contributed by atoms with Gasteiger partial charge in [0.15, 0.2) is 0 Å². The van der Waals surface area contributed by atoms with Crippen molar-refractivity contribution in [1.29, 1.82) is 0 Å². The molecule has 1 aliphatic carbocycles. The first kappa shape index (κ1) is 15.7. The number of rotatable bonds is 6. The van der Waals surface area contributed by atoms with Crippen molar-refractivity contribution in [3.8, 4) is 0 Å².